The molecule has 0 aliphatic rings. The summed E-state index contributed by atoms with van der Waals surface area (Å²) in [6.07, 6.45) is 3.62. The van der Waals surface area contributed by atoms with Crippen molar-refractivity contribution in [3.05, 3.63) is 107 Å². The van der Waals surface area contributed by atoms with Gasteiger partial charge in [-0.2, -0.15) is 0 Å². The maximum Gasteiger partial charge on any atom is 0.253 e. The first-order valence-corrected chi connectivity index (χ1v) is 9.60. The average molecular weight is 439 g/mol. The Morgan fingerprint density at radius 2 is 1.75 bits per heavy atom. The molecule has 5 heteroatoms. The van der Waals surface area contributed by atoms with Gasteiger partial charge in [0.25, 0.3) is 5.91 Å². The van der Waals surface area contributed by atoms with Crippen molar-refractivity contribution in [1.82, 2.24) is 10.6 Å². The molecule has 0 saturated heterocycles. The van der Waals surface area contributed by atoms with Crippen molar-refractivity contribution >= 4 is 27.7 Å². The van der Waals surface area contributed by atoms with Gasteiger partial charge in [0.1, 0.15) is 6.04 Å². The zero-order chi connectivity index (χ0) is 20.5. The van der Waals surface area contributed by atoms with Crippen LogP contribution in [0.4, 0.5) is 0 Å². The van der Waals surface area contributed by atoms with Crippen molar-refractivity contribution in [1.29, 1.82) is 0 Å². The molecule has 0 aliphatic heterocycles. The highest BCUT2D eigenvalue weighted by molar-refractivity contribution is 9.10. The van der Waals surface area contributed by atoms with Gasteiger partial charge in [-0.25, -0.2) is 0 Å². The Hall–Kier alpha value is -2.92. The summed E-state index contributed by atoms with van der Waals surface area (Å²) < 4.78 is 0.667. The molecule has 0 aromatic heterocycles. The van der Waals surface area contributed by atoms with Gasteiger partial charge in [-0.05, 0) is 52.2 Å². The van der Waals surface area contributed by atoms with Crippen LogP contribution in [0.1, 0.15) is 22.8 Å². The first-order valence-electron chi connectivity index (χ1n) is 8.81. The quantitative estimate of drug-likeness (QED) is 0.593. The molecule has 2 N–H and O–H groups in total. The monoisotopic (exact) mass is 438 g/mol. The van der Waals surface area contributed by atoms with Crippen molar-refractivity contribution in [3.63, 3.8) is 0 Å². The highest BCUT2D eigenvalue weighted by Gasteiger charge is 2.23. The first-order chi connectivity index (χ1) is 13.4. The van der Waals surface area contributed by atoms with Crippen LogP contribution in [0.15, 0.2) is 95.7 Å². The van der Waals surface area contributed by atoms with E-state index in [9.17, 15) is 9.59 Å². The van der Waals surface area contributed by atoms with Gasteiger partial charge in [0.05, 0.1) is 5.56 Å². The van der Waals surface area contributed by atoms with Crippen molar-refractivity contribution in [3.8, 4) is 0 Å². The third-order valence-electron chi connectivity index (χ3n) is 4.03. The molecule has 0 saturated carbocycles. The lowest BCUT2D eigenvalue weighted by Crippen LogP contribution is -2.48. The van der Waals surface area contributed by atoms with Crippen molar-refractivity contribution in [2.24, 2.45) is 0 Å². The molecule has 2 rings (SSSR count). The third-order valence-corrected chi connectivity index (χ3v) is 4.72. The van der Waals surface area contributed by atoms with E-state index < -0.39 is 6.04 Å². The number of allylic oxidation sites excluding steroid dienone is 3. The van der Waals surface area contributed by atoms with Gasteiger partial charge >= 0.3 is 0 Å². The second-order valence-corrected chi connectivity index (χ2v) is 7.14. The Labute approximate surface area is 174 Å². The van der Waals surface area contributed by atoms with Gasteiger partial charge < -0.3 is 10.6 Å². The Balaban J connectivity index is 2.26. The van der Waals surface area contributed by atoms with Crippen LogP contribution in [0.3, 0.4) is 0 Å². The van der Waals surface area contributed by atoms with Gasteiger partial charge in [-0.1, -0.05) is 61.7 Å². The molecule has 28 heavy (non-hydrogen) atoms. The molecule has 1 atom stereocenters. The lowest BCUT2D eigenvalue weighted by Gasteiger charge is -2.20. The number of carbonyl (C=O) groups is 2. The fourth-order valence-corrected chi connectivity index (χ4v) is 3.03. The highest BCUT2D eigenvalue weighted by atomic mass is 79.9. The number of halogens is 1. The predicted octanol–water partition coefficient (Wildman–Crippen LogP) is 4.55. The average Bonchev–Trinajstić information content (AvgIpc) is 2.68. The van der Waals surface area contributed by atoms with Crippen LogP contribution >= 0.6 is 15.9 Å². The van der Waals surface area contributed by atoms with Gasteiger partial charge in [-0.15, -0.1) is 0 Å². The molecule has 0 bridgehead atoms. The molecule has 0 aliphatic carbocycles. The molecule has 144 valence electrons. The second-order valence-electron chi connectivity index (χ2n) is 6.28. The lowest BCUT2D eigenvalue weighted by atomic mass is 10.0. The molecule has 2 amide bonds. The summed E-state index contributed by atoms with van der Waals surface area (Å²) in [4.78, 5) is 25.7. The Morgan fingerprint density at radius 3 is 2.36 bits per heavy atom. The largest absolute Gasteiger partial charge is 0.340 e. The normalized spacial score (nSPS) is 12.0. The van der Waals surface area contributed by atoms with Crippen LogP contribution in [-0.4, -0.2) is 17.9 Å². The van der Waals surface area contributed by atoms with Crippen LogP contribution in [0.2, 0.25) is 0 Å². The molecule has 0 radical (unpaired) electrons. The van der Waals surface area contributed by atoms with Crippen LogP contribution in [0.5, 0.6) is 0 Å². The smallest absolute Gasteiger partial charge is 0.253 e. The number of benzene rings is 2. The number of amides is 2. The van der Waals surface area contributed by atoms with E-state index in [0.717, 1.165) is 5.56 Å². The van der Waals surface area contributed by atoms with Gasteiger partial charge in [0.15, 0.2) is 0 Å². The summed E-state index contributed by atoms with van der Waals surface area (Å²) in [6.45, 7) is 9.32. The summed E-state index contributed by atoms with van der Waals surface area (Å²) in [5, 5.41) is 5.68. The molecule has 4 nitrogen and oxygen atoms in total. The molecular weight excluding hydrogens is 416 g/mol. The molecule has 2 aromatic rings. The second kappa shape index (κ2) is 10.4. The highest BCUT2D eigenvalue weighted by Crippen LogP contribution is 2.16. The van der Waals surface area contributed by atoms with Crippen LogP contribution in [0, 0.1) is 0 Å². The molecular formula is C23H23BrN2O2. The minimum atomic E-state index is -0.755. The molecule has 0 heterocycles. The van der Waals surface area contributed by atoms with E-state index in [1.807, 2.05) is 36.4 Å². The topological polar surface area (TPSA) is 58.2 Å². The molecule has 0 fully saturated rings. The van der Waals surface area contributed by atoms with Crippen LogP contribution in [-0.2, 0) is 11.2 Å². The summed E-state index contributed by atoms with van der Waals surface area (Å²) in [5.74, 6) is -0.645. The van der Waals surface area contributed by atoms with Gasteiger partial charge in [0, 0.05) is 16.6 Å². The molecule has 0 spiro atoms. The van der Waals surface area contributed by atoms with Gasteiger partial charge in [-0.3, -0.25) is 9.59 Å². The molecule has 1 unspecified atom stereocenters. The van der Waals surface area contributed by atoms with E-state index in [0.29, 0.717) is 27.7 Å². The Morgan fingerprint density at radius 1 is 1.11 bits per heavy atom. The van der Waals surface area contributed by atoms with Crippen LogP contribution < -0.4 is 10.6 Å². The maximum absolute atomic E-state index is 12.9. The first kappa shape index (κ1) is 21.4. The minimum Gasteiger partial charge on any atom is -0.340 e. The number of hydrogen-bond donors (Lipinski definition) is 2. The molecule has 2 aromatic carbocycles. The number of nitrogens with one attached hydrogen (secondary N) is 2. The van der Waals surface area contributed by atoms with Crippen molar-refractivity contribution in [2.75, 3.05) is 0 Å². The third kappa shape index (κ3) is 6.06. The number of carbonyl (C=O) groups excluding carboxylic acids is 2. The fourth-order valence-electron chi connectivity index (χ4n) is 2.57. The lowest BCUT2D eigenvalue weighted by molar-refractivity contribution is -0.122. The number of hydrogen-bond acceptors (Lipinski definition) is 2. The summed E-state index contributed by atoms with van der Waals surface area (Å²) in [5.41, 5.74) is 2.67. The van der Waals surface area contributed by atoms with Crippen molar-refractivity contribution in [2.45, 2.75) is 19.4 Å². The summed E-state index contributed by atoms with van der Waals surface area (Å²) >= 11 is 3.38. The summed E-state index contributed by atoms with van der Waals surface area (Å²) in [7, 11) is 0. The van der Waals surface area contributed by atoms with E-state index in [-0.39, 0.29) is 11.8 Å². The fraction of sp³-hybridized carbons (Fsp3) is 0.130. The Kier molecular flexibility index (Phi) is 7.96. The van der Waals surface area contributed by atoms with Gasteiger partial charge in [0.2, 0.25) is 5.91 Å². The maximum atomic E-state index is 12.9. The van der Waals surface area contributed by atoms with E-state index >= 15 is 0 Å². The van der Waals surface area contributed by atoms with Crippen LogP contribution in [0.25, 0.3) is 0 Å². The van der Waals surface area contributed by atoms with E-state index in [1.54, 1.807) is 37.3 Å². The number of rotatable bonds is 8. The van der Waals surface area contributed by atoms with E-state index in [4.69, 9.17) is 0 Å². The predicted molar refractivity (Wildman–Crippen MR) is 117 cm³/mol. The van der Waals surface area contributed by atoms with E-state index in [2.05, 4.69) is 39.7 Å². The standard InChI is InChI=1S/C23H23BrN2O2/c1-4-10-20(16(2)3)25-23(28)21(15-17-11-6-5-7-12-17)26-22(27)18-13-8-9-14-19(18)24/h4-14,21H,1-2,15H2,3H3,(H,25,28)(H,26,27)/b20-10+. The Bertz CT molecular complexity index is 904. The van der Waals surface area contributed by atoms with Crippen molar-refractivity contribution < 1.29 is 9.59 Å². The minimum absolute atomic E-state index is 0.319. The van der Waals surface area contributed by atoms with E-state index in [1.165, 1.54) is 0 Å². The zero-order valence-corrected chi connectivity index (χ0v) is 17.3. The SMILES string of the molecule is C=C/C=C(/NC(=O)C(Cc1ccccc1)NC(=O)c1ccccc1Br)C(=C)C. The zero-order valence-electron chi connectivity index (χ0n) is 15.7. The summed E-state index contributed by atoms with van der Waals surface area (Å²) in [6, 6.07) is 15.9.